The third-order valence-corrected chi connectivity index (χ3v) is 7.19. The van der Waals surface area contributed by atoms with Gasteiger partial charge in [-0.1, -0.05) is 42.5 Å². The first-order chi connectivity index (χ1) is 17.9. The summed E-state index contributed by atoms with van der Waals surface area (Å²) in [5.41, 5.74) is -1.90. The second-order valence-electron chi connectivity index (χ2n) is 9.78. The maximum atomic E-state index is 13.9. The minimum absolute atomic E-state index is 0. The fourth-order valence-corrected chi connectivity index (χ4v) is 4.97. The first kappa shape index (κ1) is 30.6. The summed E-state index contributed by atoms with van der Waals surface area (Å²) in [4.78, 5) is 13.0. The molecule has 2 aromatic carbocycles. The van der Waals surface area contributed by atoms with Crippen molar-refractivity contribution in [3.05, 3.63) is 89.5 Å². The molecular weight excluding hydrogens is 543 g/mol. The van der Waals surface area contributed by atoms with Crippen molar-refractivity contribution in [1.82, 2.24) is 4.57 Å². The van der Waals surface area contributed by atoms with Gasteiger partial charge in [0.25, 0.3) is 5.82 Å². The summed E-state index contributed by atoms with van der Waals surface area (Å²) in [5, 5.41) is 11.4. The first-order valence-corrected chi connectivity index (χ1v) is 12.4. The largest absolute Gasteiger partial charge is 1.00 e. The van der Waals surface area contributed by atoms with Gasteiger partial charge >= 0.3 is 12.1 Å². The smallest absolute Gasteiger partial charge is 0.416 e. The molecule has 0 aliphatic heterocycles. The molecule has 0 saturated heterocycles. The number of esters is 1. The summed E-state index contributed by atoms with van der Waals surface area (Å²) in [5.74, 6) is -3.98. The number of carbonyl (C=O) groups is 1. The molecule has 3 aromatic rings. The Labute approximate surface area is 229 Å². The Hall–Kier alpha value is -2.98. The van der Waals surface area contributed by atoms with Gasteiger partial charge in [0.1, 0.15) is 18.9 Å². The van der Waals surface area contributed by atoms with Crippen molar-refractivity contribution >= 4 is 5.97 Å². The van der Waals surface area contributed by atoms with E-state index in [4.69, 9.17) is 4.74 Å². The van der Waals surface area contributed by atoms with Gasteiger partial charge in [0.2, 0.25) is 5.92 Å². The molecule has 1 saturated carbocycles. The van der Waals surface area contributed by atoms with E-state index in [9.17, 15) is 31.9 Å². The molecule has 1 aliphatic carbocycles. The van der Waals surface area contributed by atoms with Gasteiger partial charge in [-0.2, -0.15) is 13.2 Å². The van der Waals surface area contributed by atoms with Crippen molar-refractivity contribution in [1.29, 1.82) is 0 Å². The molecule has 0 amide bonds. The molecule has 212 valence electrons. The number of hydrogen-bond donors (Lipinski definition) is 1. The highest BCUT2D eigenvalue weighted by molar-refractivity contribution is 5.81. The molecule has 1 heterocycles. The third kappa shape index (κ3) is 6.97. The van der Waals surface area contributed by atoms with E-state index in [1.807, 2.05) is 28.5 Å². The molecule has 1 fully saturated rings. The molecule has 0 spiro atoms. The Morgan fingerprint density at radius 2 is 1.77 bits per heavy atom. The molecule has 5 nitrogen and oxygen atoms in total. The molecule has 1 N–H and O–H groups in total. The Bertz CT molecular complexity index is 1250. The lowest BCUT2D eigenvalue weighted by Crippen LogP contribution is -3.00. The van der Waals surface area contributed by atoms with Crippen LogP contribution in [0.3, 0.4) is 0 Å². The molecule has 1 aromatic heterocycles. The van der Waals surface area contributed by atoms with Gasteiger partial charge in [-0.15, -0.1) is 0 Å². The van der Waals surface area contributed by atoms with Gasteiger partial charge in [-0.05, 0) is 29.7 Å². The Balaban J connectivity index is 0.00000420. The molecular formula is C28H30ClF5N2O3. The van der Waals surface area contributed by atoms with Crippen LogP contribution in [0.2, 0.25) is 0 Å². The van der Waals surface area contributed by atoms with Crippen LogP contribution < -0.4 is 17.0 Å². The number of carbonyl (C=O) groups excluding carboxylic acids is 1. The average molecular weight is 573 g/mol. The van der Waals surface area contributed by atoms with Crippen molar-refractivity contribution in [2.45, 2.75) is 63.4 Å². The van der Waals surface area contributed by atoms with Crippen LogP contribution in [0.15, 0.2) is 67.0 Å². The van der Waals surface area contributed by atoms with Crippen LogP contribution in [0.5, 0.6) is 0 Å². The highest BCUT2D eigenvalue weighted by Gasteiger charge is 2.54. The molecule has 4 rings (SSSR count). The van der Waals surface area contributed by atoms with Crippen LogP contribution in [0.1, 0.15) is 48.2 Å². The molecule has 0 bridgehead atoms. The molecule has 11 heteroatoms. The summed E-state index contributed by atoms with van der Waals surface area (Å²) in [6.45, 7) is 2.71. The number of halogens is 6. The SMILES string of the molecule is Cc1n(CCCOC(=O)[C@](O)(c2ccccc2)[C@@H]2CCC(F)(F)C2)cc[n+]1Cc1ccc(C(F)(F)F)cc1.[Cl-]. The maximum Gasteiger partial charge on any atom is 0.416 e. The summed E-state index contributed by atoms with van der Waals surface area (Å²) in [6.07, 6.45) is -1.31. The fraction of sp³-hybridized carbons (Fsp3) is 0.429. The van der Waals surface area contributed by atoms with Crippen LogP contribution in [0.4, 0.5) is 22.0 Å². The number of aromatic nitrogens is 2. The molecule has 2 atom stereocenters. The Kier molecular flexibility index (Phi) is 9.43. The van der Waals surface area contributed by atoms with E-state index in [1.165, 1.54) is 24.3 Å². The van der Waals surface area contributed by atoms with Crippen LogP contribution >= 0.6 is 0 Å². The number of ether oxygens (including phenoxy) is 1. The van der Waals surface area contributed by atoms with Crippen LogP contribution in [0, 0.1) is 12.8 Å². The van der Waals surface area contributed by atoms with Gasteiger partial charge in [-0.25, -0.2) is 22.7 Å². The van der Waals surface area contributed by atoms with E-state index in [0.717, 1.165) is 23.5 Å². The Morgan fingerprint density at radius 1 is 1.10 bits per heavy atom. The lowest BCUT2D eigenvalue weighted by Gasteiger charge is -2.32. The highest BCUT2D eigenvalue weighted by Crippen LogP contribution is 2.47. The van der Waals surface area contributed by atoms with Gasteiger partial charge in [-0.3, -0.25) is 0 Å². The second-order valence-corrected chi connectivity index (χ2v) is 9.78. The van der Waals surface area contributed by atoms with E-state index in [-0.39, 0.29) is 37.4 Å². The number of nitrogens with zero attached hydrogens (tertiary/aromatic N) is 2. The second kappa shape index (κ2) is 12.0. The fourth-order valence-electron chi connectivity index (χ4n) is 4.97. The lowest BCUT2D eigenvalue weighted by atomic mass is 9.80. The zero-order valence-corrected chi connectivity index (χ0v) is 22.1. The van der Waals surface area contributed by atoms with Gasteiger partial charge in [0.15, 0.2) is 5.60 Å². The zero-order valence-electron chi connectivity index (χ0n) is 21.3. The summed E-state index contributed by atoms with van der Waals surface area (Å²) in [7, 11) is 0. The van der Waals surface area contributed by atoms with E-state index in [0.29, 0.717) is 19.5 Å². The maximum absolute atomic E-state index is 13.9. The van der Waals surface area contributed by atoms with Crippen LogP contribution in [-0.2, 0) is 34.4 Å². The van der Waals surface area contributed by atoms with Crippen molar-refractivity contribution in [2.75, 3.05) is 6.61 Å². The normalized spacial score (nSPS) is 18.3. The minimum atomic E-state index is -4.38. The summed E-state index contributed by atoms with van der Waals surface area (Å²) < 4.78 is 75.4. The molecule has 1 aliphatic rings. The lowest BCUT2D eigenvalue weighted by molar-refractivity contribution is -0.694. The quantitative estimate of drug-likeness (QED) is 0.185. The van der Waals surface area contributed by atoms with E-state index >= 15 is 0 Å². The number of aryl methyl sites for hydroxylation is 1. The molecule has 39 heavy (non-hydrogen) atoms. The number of imidazole rings is 1. The average Bonchev–Trinajstić information content (AvgIpc) is 3.43. The van der Waals surface area contributed by atoms with Crippen LogP contribution in [-0.4, -0.2) is 28.2 Å². The Morgan fingerprint density at radius 3 is 2.36 bits per heavy atom. The van der Waals surface area contributed by atoms with Crippen molar-refractivity contribution in [3.8, 4) is 0 Å². The molecule has 0 radical (unpaired) electrons. The van der Waals surface area contributed by atoms with Gasteiger partial charge in [0.05, 0.1) is 18.7 Å². The summed E-state index contributed by atoms with van der Waals surface area (Å²) >= 11 is 0. The first-order valence-electron chi connectivity index (χ1n) is 12.4. The number of rotatable bonds is 9. The number of benzene rings is 2. The number of hydrogen-bond acceptors (Lipinski definition) is 3. The third-order valence-electron chi connectivity index (χ3n) is 7.19. The predicted octanol–water partition coefficient (Wildman–Crippen LogP) is 2.41. The van der Waals surface area contributed by atoms with Gasteiger partial charge in [0, 0.05) is 32.1 Å². The number of aliphatic hydroxyl groups is 1. The minimum Gasteiger partial charge on any atom is -1.00 e. The standard InChI is InChI=1S/C28H30F5N2O3.ClH/c1-20-34(15-16-35(20)19-21-8-10-23(11-9-21)28(31,32)33)14-5-17-38-25(36)27(37,22-6-3-2-4-7-22)24-12-13-26(29,30)18-24;/h2-4,6-11,15-16,24,37H,5,12-14,17-19H2,1H3;1H/q+1;/p-1/t24-,27+;/m1./s1. The predicted molar refractivity (Wildman–Crippen MR) is 128 cm³/mol. The zero-order chi connectivity index (χ0) is 27.6. The highest BCUT2D eigenvalue weighted by atomic mass is 35.5. The van der Waals surface area contributed by atoms with Crippen LogP contribution in [0.25, 0.3) is 0 Å². The number of alkyl halides is 5. The monoisotopic (exact) mass is 572 g/mol. The molecule has 0 unspecified atom stereocenters. The topological polar surface area (TPSA) is 55.3 Å². The van der Waals surface area contributed by atoms with Gasteiger partial charge < -0.3 is 22.3 Å². The van der Waals surface area contributed by atoms with Crippen molar-refractivity contribution in [2.24, 2.45) is 5.92 Å². The summed E-state index contributed by atoms with van der Waals surface area (Å²) in [6, 6.07) is 13.1. The van der Waals surface area contributed by atoms with Crippen molar-refractivity contribution < 1.29 is 53.6 Å². The van der Waals surface area contributed by atoms with Crippen molar-refractivity contribution in [3.63, 3.8) is 0 Å². The van der Waals surface area contributed by atoms with E-state index in [1.54, 1.807) is 18.2 Å². The van der Waals surface area contributed by atoms with E-state index < -0.39 is 41.6 Å². The van der Waals surface area contributed by atoms with E-state index in [2.05, 4.69) is 0 Å².